The molecule has 26 heavy (non-hydrogen) atoms. The van der Waals surface area contributed by atoms with Crippen LogP contribution in [0.25, 0.3) is 11.0 Å². The van der Waals surface area contributed by atoms with Gasteiger partial charge in [0.15, 0.2) is 0 Å². The third-order valence-corrected chi connectivity index (χ3v) is 6.00. The molecule has 2 N–H and O–H groups in total. The first kappa shape index (κ1) is 15.5. The molecule has 1 spiro atoms. The highest BCUT2D eigenvalue weighted by Gasteiger charge is 2.60. The molecule has 0 bridgehead atoms. The molecule has 2 atom stereocenters. The summed E-state index contributed by atoms with van der Waals surface area (Å²) in [6, 6.07) is 5.96. The van der Waals surface area contributed by atoms with Crippen molar-refractivity contribution >= 4 is 22.8 Å². The summed E-state index contributed by atoms with van der Waals surface area (Å²) >= 11 is 0. The van der Waals surface area contributed by atoms with Crippen LogP contribution in [0.1, 0.15) is 23.2 Å². The number of rotatable bonds is 3. The molecule has 7 nitrogen and oxygen atoms in total. The van der Waals surface area contributed by atoms with Gasteiger partial charge in [0.25, 0.3) is 5.91 Å². The van der Waals surface area contributed by atoms with Gasteiger partial charge in [-0.1, -0.05) is 0 Å². The van der Waals surface area contributed by atoms with Crippen molar-refractivity contribution in [1.29, 1.82) is 0 Å². The van der Waals surface area contributed by atoms with Crippen LogP contribution in [0, 0.1) is 5.41 Å². The number of carbonyl (C=O) groups is 1. The molecule has 1 saturated carbocycles. The fraction of sp³-hybridized carbons (Fsp3) is 0.368. The van der Waals surface area contributed by atoms with Gasteiger partial charge in [-0.25, -0.2) is 4.98 Å². The fourth-order valence-corrected chi connectivity index (χ4v) is 4.42. The number of H-pyrrole nitrogens is 1. The highest BCUT2D eigenvalue weighted by Crippen LogP contribution is 2.52. The van der Waals surface area contributed by atoms with Gasteiger partial charge >= 0.3 is 0 Å². The second-order valence-electron chi connectivity index (χ2n) is 7.48. The van der Waals surface area contributed by atoms with Gasteiger partial charge < -0.3 is 9.88 Å². The van der Waals surface area contributed by atoms with E-state index in [2.05, 4.69) is 27.0 Å². The van der Waals surface area contributed by atoms with Crippen LogP contribution in [0.3, 0.4) is 0 Å². The molecule has 1 amide bonds. The Bertz CT molecular complexity index is 964. The summed E-state index contributed by atoms with van der Waals surface area (Å²) in [6.45, 7) is 1.58. The van der Waals surface area contributed by atoms with E-state index >= 15 is 0 Å². The molecule has 7 heteroatoms. The third-order valence-electron chi connectivity index (χ3n) is 6.00. The average molecular weight is 349 g/mol. The Balaban J connectivity index is 1.44. The number of likely N-dealkylation sites (tertiary alicyclic amines) is 1. The number of amides is 1. The Morgan fingerprint density at radius 2 is 2.08 bits per heavy atom. The van der Waals surface area contributed by atoms with Crippen LogP contribution in [0.2, 0.25) is 0 Å². The first-order valence-corrected chi connectivity index (χ1v) is 8.99. The van der Waals surface area contributed by atoms with E-state index < -0.39 is 0 Å². The molecule has 2 aliphatic rings. The van der Waals surface area contributed by atoms with Crippen molar-refractivity contribution in [3.05, 3.63) is 48.7 Å². The number of carbonyl (C=O) groups excluding carboxylic acids is 1. The number of pyridine rings is 1. The molecule has 2 fully saturated rings. The minimum absolute atomic E-state index is 0.100. The molecule has 1 aliphatic heterocycles. The zero-order chi connectivity index (χ0) is 17.7. The van der Waals surface area contributed by atoms with Crippen molar-refractivity contribution < 1.29 is 9.69 Å². The van der Waals surface area contributed by atoms with E-state index in [4.69, 9.17) is 0 Å². The fourth-order valence-electron chi connectivity index (χ4n) is 4.42. The summed E-state index contributed by atoms with van der Waals surface area (Å²) in [7, 11) is 2.17. The van der Waals surface area contributed by atoms with Crippen LogP contribution in [-0.4, -0.2) is 56.9 Å². The minimum atomic E-state index is 0.100. The summed E-state index contributed by atoms with van der Waals surface area (Å²) in [4.78, 5) is 32.2. The van der Waals surface area contributed by atoms with Gasteiger partial charge in [0.2, 0.25) is 5.82 Å². The zero-order valence-corrected chi connectivity index (χ0v) is 14.6. The Morgan fingerprint density at radius 3 is 2.85 bits per heavy atom. The molecule has 1 aliphatic carbocycles. The summed E-state index contributed by atoms with van der Waals surface area (Å²) in [5.74, 6) is 1.11. The smallest absolute Gasteiger partial charge is 0.254 e. The maximum atomic E-state index is 12.9. The minimum Gasteiger partial charge on any atom is -0.346 e. The molecule has 3 aromatic rings. The molecule has 5 rings (SSSR count). The number of hydrogen-bond donors (Lipinski definition) is 2. The van der Waals surface area contributed by atoms with E-state index in [1.54, 1.807) is 30.9 Å². The number of aromatic nitrogens is 4. The average Bonchev–Trinajstić information content (AvgIpc) is 3.12. The van der Waals surface area contributed by atoms with Gasteiger partial charge in [-0.15, -0.1) is 0 Å². The number of hydrogen-bond acceptors (Lipinski definition) is 4. The Morgan fingerprint density at radius 1 is 1.27 bits per heavy atom. The van der Waals surface area contributed by atoms with E-state index in [-0.39, 0.29) is 11.3 Å². The van der Waals surface area contributed by atoms with E-state index in [1.165, 1.54) is 17.7 Å². The van der Waals surface area contributed by atoms with Gasteiger partial charge in [-0.05, 0) is 31.0 Å². The molecule has 132 valence electrons. The summed E-state index contributed by atoms with van der Waals surface area (Å²) in [5, 5.41) is 1.06. The monoisotopic (exact) mass is 349 g/mol. The topological polar surface area (TPSA) is 79.2 Å². The lowest BCUT2D eigenvalue weighted by Gasteiger charge is -2.24. The van der Waals surface area contributed by atoms with Crippen molar-refractivity contribution in [2.75, 3.05) is 20.1 Å². The standard InChI is InChI=1S/C19H20N6O/c1-24(17-14-4-9-21-16(14)22-12-23-17)15-10-25(11-19(15)5-6-19)18(26)13-2-7-20-8-3-13/h2-4,7-9,12,15H,5-6,10-11H2,1H3,(H,21,22,23)/p+1. The Hall–Kier alpha value is -2.80. The van der Waals surface area contributed by atoms with Crippen molar-refractivity contribution in [1.82, 2.24) is 24.8 Å². The lowest BCUT2D eigenvalue weighted by Crippen LogP contribution is -3.10. The number of nitrogens with one attached hydrogen (secondary N) is 2. The summed E-state index contributed by atoms with van der Waals surface area (Å²) < 4.78 is 0. The number of nitrogens with zero attached hydrogens (tertiary/aromatic N) is 4. The largest absolute Gasteiger partial charge is 0.346 e. The van der Waals surface area contributed by atoms with Crippen molar-refractivity contribution in [2.24, 2.45) is 5.41 Å². The Labute approximate surface area is 151 Å². The SMILES string of the molecule is C[NH+](c1ncnc2[nH]ccc12)C1CN(C(=O)c2ccncc2)CC12CC2. The summed E-state index contributed by atoms with van der Waals surface area (Å²) in [5.41, 5.74) is 1.80. The second-order valence-corrected chi connectivity index (χ2v) is 7.48. The van der Waals surface area contributed by atoms with Crippen LogP contribution in [0.15, 0.2) is 43.1 Å². The van der Waals surface area contributed by atoms with Crippen LogP contribution in [-0.2, 0) is 0 Å². The second kappa shape index (κ2) is 5.60. The van der Waals surface area contributed by atoms with Crippen molar-refractivity contribution in [3.8, 4) is 0 Å². The van der Waals surface area contributed by atoms with Crippen LogP contribution in [0.4, 0.5) is 5.82 Å². The molecule has 2 unspecified atom stereocenters. The normalized spacial score (nSPS) is 22.0. The number of aromatic amines is 1. The lowest BCUT2D eigenvalue weighted by atomic mass is 9.99. The predicted octanol–water partition coefficient (Wildman–Crippen LogP) is 0.804. The number of likely N-dealkylation sites (N-methyl/N-ethyl adjacent to an activating group) is 1. The quantitative estimate of drug-likeness (QED) is 0.733. The highest BCUT2D eigenvalue weighted by molar-refractivity contribution is 5.94. The van der Waals surface area contributed by atoms with Gasteiger partial charge in [-0.3, -0.25) is 14.7 Å². The van der Waals surface area contributed by atoms with E-state index in [1.807, 2.05) is 17.2 Å². The van der Waals surface area contributed by atoms with Crippen LogP contribution >= 0.6 is 0 Å². The van der Waals surface area contributed by atoms with E-state index in [0.717, 1.165) is 29.9 Å². The maximum absolute atomic E-state index is 12.9. The first-order chi connectivity index (χ1) is 12.7. The third kappa shape index (κ3) is 2.31. The van der Waals surface area contributed by atoms with Crippen LogP contribution < -0.4 is 4.90 Å². The number of fused-ring (bicyclic) bond motifs is 1. The van der Waals surface area contributed by atoms with Gasteiger partial charge in [0.05, 0.1) is 13.6 Å². The van der Waals surface area contributed by atoms with Crippen LogP contribution in [0.5, 0.6) is 0 Å². The maximum Gasteiger partial charge on any atom is 0.254 e. The van der Waals surface area contributed by atoms with Crippen molar-refractivity contribution in [3.63, 3.8) is 0 Å². The molecule has 0 radical (unpaired) electrons. The highest BCUT2D eigenvalue weighted by atomic mass is 16.2. The molecule has 1 saturated heterocycles. The molecule has 3 aromatic heterocycles. The van der Waals surface area contributed by atoms with E-state index in [9.17, 15) is 4.79 Å². The lowest BCUT2D eigenvalue weighted by molar-refractivity contribution is -0.844. The molecular weight excluding hydrogens is 328 g/mol. The van der Waals surface area contributed by atoms with Crippen molar-refractivity contribution in [2.45, 2.75) is 18.9 Å². The first-order valence-electron chi connectivity index (χ1n) is 8.99. The van der Waals surface area contributed by atoms with Gasteiger partial charge in [-0.2, -0.15) is 4.98 Å². The zero-order valence-electron chi connectivity index (χ0n) is 14.6. The predicted molar refractivity (Wildman–Crippen MR) is 96.0 cm³/mol. The summed E-state index contributed by atoms with van der Waals surface area (Å²) in [6.07, 6.45) is 9.22. The van der Waals surface area contributed by atoms with Gasteiger partial charge in [0, 0.05) is 36.1 Å². The van der Waals surface area contributed by atoms with Gasteiger partial charge in [0.1, 0.15) is 23.4 Å². The molecular formula is C19H21N6O+. The number of quaternary nitrogens is 1. The molecule has 4 heterocycles. The Kier molecular flexibility index (Phi) is 3.33. The van der Waals surface area contributed by atoms with E-state index in [0.29, 0.717) is 11.6 Å². The molecule has 0 aromatic carbocycles.